The summed E-state index contributed by atoms with van der Waals surface area (Å²) in [6, 6.07) is 14.2. The highest BCUT2D eigenvalue weighted by atomic mass is 16.3. The number of aromatic hydroxyl groups is 1. The first kappa shape index (κ1) is 14.3. The Kier molecular flexibility index (Phi) is 4.94. The molecule has 0 fully saturated rings. The van der Waals surface area contributed by atoms with Crippen molar-refractivity contribution >= 4 is 5.78 Å². The predicted molar refractivity (Wildman–Crippen MR) is 81.2 cm³/mol. The van der Waals surface area contributed by atoms with Crippen LogP contribution in [-0.2, 0) is 6.42 Å². The van der Waals surface area contributed by atoms with Crippen LogP contribution in [0, 0.1) is 0 Å². The lowest BCUT2D eigenvalue weighted by Gasteiger charge is -2.04. The van der Waals surface area contributed by atoms with E-state index in [1.807, 2.05) is 24.3 Å². The summed E-state index contributed by atoms with van der Waals surface area (Å²) < 4.78 is 0. The van der Waals surface area contributed by atoms with Crippen molar-refractivity contribution in [1.29, 1.82) is 0 Å². The molecule has 0 aliphatic rings. The molecule has 2 aromatic carbocycles. The van der Waals surface area contributed by atoms with Crippen molar-refractivity contribution in [3.63, 3.8) is 0 Å². The van der Waals surface area contributed by atoms with Crippen molar-refractivity contribution < 1.29 is 9.90 Å². The van der Waals surface area contributed by atoms with Crippen LogP contribution in [0.15, 0.2) is 48.5 Å². The molecular formula is C18H20O2. The van der Waals surface area contributed by atoms with E-state index in [0.29, 0.717) is 11.1 Å². The summed E-state index contributed by atoms with van der Waals surface area (Å²) in [6.07, 6.45) is 4.73. The van der Waals surface area contributed by atoms with Crippen LogP contribution in [0.2, 0.25) is 0 Å². The molecule has 1 N–H and O–H groups in total. The Morgan fingerprint density at radius 2 is 1.45 bits per heavy atom. The molecule has 0 bridgehead atoms. The molecule has 2 heteroatoms. The van der Waals surface area contributed by atoms with Gasteiger partial charge in [-0.3, -0.25) is 4.79 Å². The maximum absolute atomic E-state index is 12.2. The number of phenols is 1. The molecule has 0 aliphatic heterocycles. The van der Waals surface area contributed by atoms with E-state index in [4.69, 9.17) is 0 Å². The normalized spacial score (nSPS) is 10.4. The molecule has 0 aromatic heterocycles. The summed E-state index contributed by atoms with van der Waals surface area (Å²) in [6.45, 7) is 2.19. The fourth-order valence-electron chi connectivity index (χ4n) is 2.18. The Morgan fingerprint density at radius 1 is 0.900 bits per heavy atom. The van der Waals surface area contributed by atoms with Gasteiger partial charge >= 0.3 is 0 Å². The molecule has 0 amide bonds. The molecule has 2 aromatic rings. The molecule has 0 saturated heterocycles. The standard InChI is InChI=1S/C18H20O2/c1-2-3-4-5-14-6-8-15(9-7-14)18(20)16-10-12-17(19)13-11-16/h6-13,19H,2-5H2,1H3. The Balaban J connectivity index is 2.05. The Morgan fingerprint density at radius 3 is 2.00 bits per heavy atom. The Bertz CT molecular complexity index is 553. The molecule has 0 spiro atoms. The van der Waals surface area contributed by atoms with E-state index in [-0.39, 0.29) is 11.5 Å². The fourth-order valence-corrected chi connectivity index (χ4v) is 2.18. The lowest BCUT2D eigenvalue weighted by molar-refractivity contribution is 0.103. The van der Waals surface area contributed by atoms with Crippen molar-refractivity contribution in [3.05, 3.63) is 65.2 Å². The van der Waals surface area contributed by atoms with Crippen LogP contribution >= 0.6 is 0 Å². The van der Waals surface area contributed by atoms with Crippen molar-refractivity contribution in [2.45, 2.75) is 32.6 Å². The smallest absolute Gasteiger partial charge is 0.193 e. The maximum atomic E-state index is 12.2. The van der Waals surface area contributed by atoms with Gasteiger partial charge in [-0.05, 0) is 42.7 Å². The molecule has 0 aliphatic carbocycles. The second kappa shape index (κ2) is 6.90. The van der Waals surface area contributed by atoms with Gasteiger partial charge in [0.25, 0.3) is 0 Å². The summed E-state index contributed by atoms with van der Waals surface area (Å²) in [4.78, 5) is 12.2. The average Bonchev–Trinajstić information content (AvgIpc) is 2.48. The number of ketones is 1. The van der Waals surface area contributed by atoms with E-state index in [2.05, 4.69) is 6.92 Å². The summed E-state index contributed by atoms with van der Waals surface area (Å²) >= 11 is 0. The molecule has 0 radical (unpaired) electrons. The number of unbranched alkanes of at least 4 members (excludes halogenated alkanes) is 2. The molecule has 0 unspecified atom stereocenters. The van der Waals surface area contributed by atoms with E-state index in [1.165, 1.54) is 37.0 Å². The van der Waals surface area contributed by atoms with Crippen molar-refractivity contribution in [3.8, 4) is 5.75 Å². The van der Waals surface area contributed by atoms with Gasteiger partial charge in [-0.1, -0.05) is 44.0 Å². The Hall–Kier alpha value is -2.09. The number of carbonyl (C=O) groups is 1. The van der Waals surface area contributed by atoms with Crippen LogP contribution in [0.4, 0.5) is 0 Å². The zero-order chi connectivity index (χ0) is 14.4. The number of hydrogen-bond acceptors (Lipinski definition) is 2. The lowest BCUT2D eigenvalue weighted by Crippen LogP contribution is -2.01. The highest BCUT2D eigenvalue weighted by Gasteiger charge is 2.08. The quantitative estimate of drug-likeness (QED) is 0.624. The number of aryl methyl sites for hydroxylation is 1. The van der Waals surface area contributed by atoms with E-state index in [9.17, 15) is 9.90 Å². The number of phenolic OH excluding ortho intramolecular Hbond substituents is 1. The highest BCUT2D eigenvalue weighted by molar-refractivity contribution is 6.09. The summed E-state index contributed by atoms with van der Waals surface area (Å²) in [7, 11) is 0. The molecule has 0 atom stereocenters. The van der Waals surface area contributed by atoms with Gasteiger partial charge in [0.15, 0.2) is 5.78 Å². The third-order valence-electron chi connectivity index (χ3n) is 3.41. The van der Waals surface area contributed by atoms with Gasteiger partial charge in [-0.2, -0.15) is 0 Å². The van der Waals surface area contributed by atoms with Crippen molar-refractivity contribution in [2.24, 2.45) is 0 Å². The van der Waals surface area contributed by atoms with Gasteiger partial charge in [0, 0.05) is 11.1 Å². The molecule has 20 heavy (non-hydrogen) atoms. The zero-order valence-electron chi connectivity index (χ0n) is 11.8. The van der Waals surface area contributed by atoms with E-state index in [1.54, 1.807) is 12.1 Å². The van der Waals surface area contributed by atoms with Crippen LogP contribution in [0.1, 0.15) is 47.7 Å². The number of hydrogen-bond donors (Lipinski definition) is 1. The molecule has 104 valence electrons. The van der Waals surface area contributed by atoms with Crippen LogP contribution < -0.4 is 0 Å². The van der Waals surface area contributed by atoms with Crippen LogP contribution in [0.5, 0.6) is 5.75 Å². The molecule has 2 nitrogen and oxygen atoms in total. The van der Waals surface area contributed by atoms with E-state index >= 15 is 0 Å². The SMILES string of the molecule is CCCCCc1ccc(C(=O)c2ccc(O)cc2)cc1. The zero-order valence-corrected chi connectivity index (χ0v) is 11.8. The molecule has 2 rings (SSSR count). The van der Waals surface area contributed by atoms with Gasteiger partial charge < -0.3 is 5.11 Å². The number of benzene rings is 2. The minimum absolute atomic E-state index is 0.00916. The first-order valence-corrected chi connectivity index (χ1v) is 7.13. The minimum Gasteiger partial charge on any atom is -0.508 e. The van der Waals surface area contributed by atoms with Gasteiger partial charge in [0.2, 0.25) is 0 Å². The van der Waals surface area contributed by atoms with Crippen LogP contribution in [0.25, 0.3) is 0 Å². The van der Waals surface area contributed by atoms with Gasteiger partial charge in [0.1, 0.15) is 5.75 Å². The van der Waals surface area contributed by atoms with Crippen LogP contribution in [0.3, 0.4) is 0 Å². The van der Waals surface area contributed by atoms with Gasteiger partial charge in [0.05, 0.1) is 0 Å². The third-order valence-corrected chi connectivity index (χ3v) is 3.41. The maximum Gasteiger partial charge on any atom is 0.193 e. The second-order valence-corrected chi connectivity index (χ2v) is 5.03. The van der Waals surface area contributed by atoms with E-state index < -0.39 is 0 Å². The van der Waals surface area contributed by atoms with E-state index in [0.717, 1.165) is 6.42 Å². The summed E-state index contributed by atoms with van der Waals surface area (Å²) in [5.74, 6) is 0.165. The highest BCUT2D eigenvalue weighted by Crippen LogP contribution is 2.15. The van der Waals surface area contributed by atoms with Crippen LogP contribution in [-0.4, -0.2) is 10.9 Å². The topological polar surface area (TPSA) is 37.3 Å². The molecular weight excluding hydrogens is 248 g/mol. The largest absolute Gasteiger partial charge is 0.508 e. The second-order valence-electron chi connectivity index (χ2n) is 5.03. The number of carbonyl (C=O) groups excluding carboxylic acids is 1. The third kappa shape index (κ3) is 3.70. The number of rotatable bonds is 6. The Labute approximate surface area is 120 Å². The molecule has 0 saturated carbocycles. The molecule has 0 heterocycles. The lowest BCUT2D eigenvalue weighted by atomic mass is 10.00. The average molecular weight is 268 g/mol. The first-order chi connectivity index (χ1) is 9.70. The van der Waals surface area contributed by atoms with Gasteiger partial charge in [-0.25, -0.2) is 0 Å². The predicted octanol–water partition coefficient (Wildman–Crippen LogP) is 4.36. The van der Waals surface area contributed by atoms with Crippen molar-refractivity contribution in [1.82, 2.24) is 0 Å². The van der Waals surface area contributed by atoms with Gasteiger partial charge in [-0.15, -0.1) is 0 Å². The summed E-state index contributed by atoms with van der Waals surface area (Å²) in [5.41, 5.74) is 2.57. The minimum atomic E-state index is -0.00916. The fraction of sp³-hybridized carbons (Fsp3) is 0.278. The first-order valence-electron chi connectivity index (χ1n) is 7.13. The monoisotopic (exact) mass is 268 g/mol. The summed E-state index contributed by atoms with van der Waals surface area (Å²) in [5, 5.41) is 9.24. The van der Waals surface area contributed by atoms with Crippen molar-refractivity contribution in [2.75, 3.05) is 0 Å².